The van der Waals surface area contributed by atoms with Crippen LogP contribution in [0, 0.1) is 0 Å². The smallest absolute Gasteiger partial charge is 0.184 e. The summed E-state index contributed by atoms with van der Waals surface area (Å²) in [6, 6.07) is 10.4. The number of hydrogen-bond acceptors (Lipinski definition) is 4. The van der Waals surface area contributed by atoms with E-state index in [1.54, 1.807) is 0 Å². The SMILES string of the molecule is CC(=S)OCCCC[C@]1(O[Si](C)(C)C)CO[C@H]1c1ccccc1. The van der Waals surface area contributed by atoms with Crippen LogP contribution in [0.15, 0.2) is 30.3 Å². The Morgan fingerprint density at radius 1 is 1.26 bits per heavy atom. The number of benzene rings is 1. The molecule has 128 valence electrons. The van der Waals surface area contributed by atoms with Gasteiger partial charge in [0.2, 0.25) is 0 Å². The monoisotopic (exact) mass is 352 g/mol. The number of ether oxygens (including phenoxy) is 2. The van der Waals surface area contributed by atoms with Gasteiger partial charge >= 0.3 is 0 Å². The Hall–Kier alpha value is -0.753. The molecule has 2 atom stereocenters. The Kier molecular flexibility index (Phi) is 6.37. The fourth-order valence-corrected chi connectivity index (χ4v) is 4.64. The molecular formula is C18H28O3SSi. The second-order valence-electron chi connectivity index (χ2n) is 7.18. The summed E-state index contributed by atoms with van der Waals surface area (Å²) in [7, 11) is -1.66. The molecule has 0 aromatic heterocycles. The molecule has 2 rings (SSSR count). The molecule has 0 saturated carbocycles. The lowest BCUT2D eigenvalue weighted by atomic mass is 9.83. The van der Waals surface area contributed by atoms with Crippen molar-refractivity contribution >= 4 is 25.6 Å². The number of rotatable bonds is 8. The van der Waals surface area contributed by atoms with Gasteiger partial charge in [0.15, 0.2) is 13.4 Å². The van der Waals surface area contributed by atoms with Gasteiger partial charge in [0, 0.05) is 6.92 Å². The van der Waals surface area contributed by atoms with Crippen LogP contribution < -0.4 is 0 Å². The van der Waals surface area contributed by atoms with E-state index in [2.05, 4.69) is 43.9 Å². The van der Waals surface area contributed by atoms with Gasteiger partial charge in [0.25, 0.3) is 0 Å². The van der Waals surface area contributed by atoms with Crippen LogP contribution in [0.4, 0.5) is 0 Å². The Morgan fingerprint density at radius 3 is 2.48 bits per heavy atom. The van der Waals surface area contributed by atoms with Crippen molar-refractivity contribution in [2.45, 2.75) is 57.5 Å². The van der Waals surface area contributed by atoms with Gasteiger partial charge in [-0.3, -0.25) is 0 Å². The molecule has 1 aliphatic heterocycles. The van der Waals surface area contributed by atoms with E-state index in [9.17, 15) is 0 Å². The minimum Gasteiger partial charge on any atom is -0.487 e. The van der Waals surface area contributed by atoms with Crippen LogP contribution in [0.25, 0.3) is 0 Å². The van der Waals surface area contributed by atoms with Crippen LogP contribution in [0.1, 0.15) is 37.9 Å². The van der Waals surface area contributed by atoms with Gasteiger partial charge in [-0.1, -0.05) is 30.3 Å². The molecule has 1 aromatic rings. The third kappa shape index (κ3) is 5.38. The largest absolute Gasteiger partial charge is 0.487 e. The minimum absolute atomic E-state index is 0.0450. The summed E-state index contributed by atoms with van der Waals surface area (Å²) in [6.45, 7) is 9.92. The van der Waals surface area contributed by atoms with Crippen molar-refractivity contribution in [1.29, 1.82) is 0 Å². The first-order chi connectivity index (χ1) is 10.8. The molecule has 0 aliphatic carbocycles. The zero-order chi connectivity index (χ0) is 16.9. The van der Waals surface area contributed by atoms with Crippen molar-refractivity contribution in [3.8, 4) is 0 Å². The third-order valence-electron chi connectivity index (χ3n) is 3.88. The van der Waals surface area contributed by atoms with E-state index in [1.807, 2.05) is 13.0 Å². The first kappa shape index (κ1) is 18.6. The lowest BCUT2D eigenvalue weighted by Gasteiger charge is -2.52. The van der Waals surface area contributed by atoms with Gasteiger partial charge in [-0.25, -0.2) is 0 Å². The molecule has 0 bridgehead atoms. The molecule has 3 nitrogen and oxygen atoms in total. The van der Waals surface area contributed by atoms with E-state index >= 15 is 0 Å². The van der Waals surface area contributed by atoms with E-state index in [0.717, 1.165) is 19.3 Å². The van der Waals surface area contributed by atoms with E-state index in [-0.39, 0.29) is 11.7 Å². The first-order valence-corrected chi connectivity index (χ1v) is 12.1. The van der Waals surface area contributed by atoms with Crippen molar-refractivity contribution in [3.63, 3.8) is 0 Å². The highest BCUT2D eigenvalue weighted by Gasteiger charge is 2.51. The van der Waals surface area contributed by atoms with Crippen LogP contribution in [-0.4, -0.2) is 32.2 Å². The van der Waals surface area contributed by atoms with Crippen LogP contribution in [0.3, 0.4) is 0 Å². The van der Waals surface area contributed by atoms with Crippen molar-refractivity contribution in [1.82, 2.24) is 0 Å². The summed E-state index contributed by atoms with van der Waals surface area (Å²) in [5.41, 5.74) is 1.03. The maximum Gasteiger partial charge on any atom is 0.184 e. The predicted octanol–water partition coefficient (Wildman–Crippen LogP) is 4.88. The van der Waals surface area contributed by atoms with Crippen molar-refractivity contribution in [2.75, 3.05) is 13.2 Å². The molecule has 5 heteroatoms. The maximum atomic E-state index is 6.60. The number of unbranched alkanes of at least 4 members (excludes halogenated alkanes) is 1. The predicted molar refractivity (Wildman–Crippen MR) is 100 cm³/mol. The molecule has 1 saturated heterocycles. The fraction of sp³-hybridized carbons (Fsp3) is 0.611. The van der Waals surface area contributed by atoms with Gasteiger partial charge in [0.1, 0.15) is 11.7 Å². The van der Waals surface area contributed by atoms with Crippen molar-refractivity contribution < 1.29 is 13.9 Å². The first-order valence-electron chi connectivity index (χ1n) is 8.32. The zero-order valence-corrected chi connectivity index (χ0v) is 16.4. The molecule has 0 amide bonds. The quantitative estimate of drug-likeness (QED) is 0.378. The molecule has 23 heavy (non-hydrogen) atoms. The van der Waals surface area contributed by atoms with Gasteiger partial charge in [-0.15, -0.1) is 0 Å². The highest BCUT2D eigenvalue weighted by Crippen LogP contribution is 2.46. The average Bonchev–Trinajstić information content (AvgIpc) is 2.44. The summed E-state index contributed by atoms with van der Waals surface area (Å²) in [5, 5.41) is 0.618. The number of thiocarbonyl (C=S) groups is 1. The summed E-state index contributed by atoms with van der Waals surface area (Å²) >= 11 is 4.95. The van der Waals surface area contributed by atoms with Gasteiger partial charge < -0.3 is 13.9 Å². The van der Waals surface area contributed by atoms with Crippen molar-refractivity contribution in [3.05, 3.63) is 35.9 Å². The second kappa shape index (κ2) is 7.88. The van der Waals surface area contributed by atoms with Crippen LogP contribution in [-0.2, 0) is 13.9 Å². The minimum atomic E-state index is -1.66. The molecule has 1 fully saturated rings. The Morgan fingerprint density at radius 2 is 1.96 bits per heavy atom. The Balaban J connectivity index is 2.00. The third-order valence-corrected chi connectivity index (χ3v) is 5.02. The summed E-state index contributed by atoms with van der Waals surface area (Å²) < 4.78 is 17.9. The normalized spacial score (nSPS) is 24.1. The van der Waals surface area contributed by atoms with E-state index < -0.39 is 8.32 Å². The van der Waals surface area contributed by atoms with Gasteiger partial charge in [-0.05, 0) is 56.7 Å². The standard InChI is InChI=1S/C18H28O3SSi/c1-15(22)19-13-9-8-12-18(21-23(2,3)4)14-20-17(18)16-10-6-5-7-11-16/h5-7,10-11,17H,8-9,12-14H2,1-4H3/t17-,18-/m0/s1. The van der Waals surface area contributed by atoms with Gasteiger partial charge in [-0.2, -0.15) is 0 Å². The highest BCUT2D eigenvalue weighted by molar-refractivity contribution is 7.80. The van der Waals surface area contributed by atoms with E-state index in [1.165, 1.54) is 5.56 Å². The van der Waals surface area contributed by atoms with Crippen molar-refractivity contribution in [2.24, 2.45) is 0 Å². The summed E-state index contributed by atoms with van der Waals surface area (Å²) in [6.07, 6.45) is 3.09. The van der Waals surface area contributed by atoms with Gasteiger partial charge in [0.05, 0.1) is 13.2 Å². The second-order valence-corrected chi connectivity index (χ2v) is 12.2. The summed E-state index contributed by atoms with van der Waals surface area (Å²) in [4.78, 5) is 0. The van der Waals surface area contributed by atoms with Crippen LogP contribution in [0.5, 0.6) is 0 Å². The van der Waals surface area contributed by atoms with E-state index in [4.69, 9.17) is 26.1 Å². The molecule has 0 radical (unpaired) electrons. The fourth-order valence-electron chi connectivity index (χ4n) is 3.07. The molecule has 0 N–H and O–H groups in total. The molecule has 1 aromatic carbocycles. The molecule has 0 spiro atoms. The Labute approximate surface area is 146 Å². The molecule has 0 unspecified atom stereocenters. The molecule has 1 heterocycles. The van der Waals surface area contributed by atoms with Crippen LogP contribution in [0.2, 0.25) is 19.6 Å². The average molecular weight is 353 g/mol. The molecular weight excluding hydrogens is 324 g/mol. The summed E-state index contributed by atoms with van der Waals surface area (Å²) in [5.74, 6) is 0. The Bertz CT molecular complexity index is 515. The highest BCUT2D eigenvalue weighted by atomic mass is 32.1. The molecule has 1 aliphatic rings. The number of hydrogen-bond donors (Lipinski definition) is 0. The van der Waals surface area contributed by atoms with E-state index in [0.29, 0.717) is 18.3 Å². The lowest BCUT2D eigenvalue weighted by molar-refractivity contribution is -0.235. The maximum absolute atomic E-state index is 6.60. The topological polar surface area (TPSA) is 27.7 Å². The van der Waals surface area contributed by atoms with Crippen LogP contribution >= 0.6 is 12.2 Å². The lowest BCUT2D eigenvalue weighted by Crippen LogP contribution is -2.58. The zero-order valence-electron chi connectivity index (χ0n) is 14.6.